The molecule has 0 unspecified atom stereocenters. The van der Waals surface area contributed by atoms with Crippen LogP contribution in [0.3, 0.4) is 0 Å². The maximum Gasteiger partial charge on any atom is 0.407 e. The molecule has 0 saturated carbocycles. The number of aromatic nitrogens is 4. The van der Waals surface area contributed by atoms with E-state index in [9.17, 15) is 9.18 Å². The predicted octanol–water partition coefficient (Wildman–Crippen LogP) is 3.21. The molecule has 1 fully saturated rings. The highest BCUT2D eigenvalue weighted by Gasteiger charge is 2.28. The zero-order valence-electron chi connectivity index (χ0n) is 15.1. The quantitative estimate of drug-likeness (QED) is 0.754. The van der Waals surface area contributed by atoms with Gasteiger partial charge in [0.2, 0.25) is 5.89 Å². The van der Waals surface area contributed by atoms with Crippen molar-refractivity contribution in [1.29, 1.82) is 0 Å². The number of fused-ring (bicyclic) bond motifs is 1. The molecule has 1 aromatic carbocycles. The van der Waals surface area contributed by atoms with Crippen LogP contribution in [0.25, 0.3) is 16.9 Å². The summed E-state index contributed by atoms with van der Waals surface area (Å²) in [5.74, 6) is 0.425. The first-order valence-corrected chi connectivity index (χ1v) is 8.92. The first kappa shape index (κ1) is 17.4. The third kappa shape index (κ3) is 3.13. The fourth-order valence-corrected chi connectivity index (χ4v) is 3.55. The number of halogens is 1. The van der Waals surface area contributed by atoms with E-state index in [2.05, 4.69) is 15.2 Å². The average molecular weight is 373 g/mol. The summed E-state index contributed by atoms with van der Waals surface area (Å²) in [5, 5.41) is 18.2. The zero-order chi connectivity index (χ0) is 19.1. The molecule has 0 aliphatic carbocycles. The van der Waals surface area contributed by atoms with Crippen LogP contribution < -0.4 is 0 Å². The highest BCUT2D eigenvalue weighted by molar-refractivity contribution is 5.84. The summed E-state index contributed by atoms with van der Waals surface area (Å²) in [5.41, 5.74) is 1.09. The van der Waals surface area contributed by atoms with Gasteiger partial charge in [-0.1, -0.05) is 26.0 Å². The lowest BCUT2D eigenvalue weighted by Crippen LogP contribution is -2.26. The van der Waals surface area contributed by atoms with Gasteiger partial charge in [0.15, 0.2) is 0 Å². The molecular weight excluding hydrogens is 353 g/mol. The van der Waals surface area contributed by atoms with E-state index in [1.54, 1.807) is 6.07 Å². The number of hydrogen-bond acceptors (Lipinski definition) is 5. The zero-order valence-corrected chi connectivity index (χ0v) is 15.1. The Bertz CT molecular complexity index is 996. The van der Waals surface area contributed by atoms with Crippen molar-refractivity contribution in [2.75, 3.05) is 13.1 Å². The molecule has 0 radical (unpaired) electrons. The smallest absolute Gasteiger partial charge is 0.407 e. The Balaban J connectivity index is 1.63. The molecule has 8 nitrogen and oxygen atoms in total. The Morgan fingerprint density at radius 2 is 2.26 bits per heavy atom. The fraction of sp³-hybridized carbons (Fsp3) is 0.444. The van der Waals surface area contributed by atoms with Crippen molar-refractivity contribution >= 4 is 17.0 Å². The molecule has 0 spiro atoms. The van der Waals surface area contributed by atoms with Crippen LogP contribution in [0, 0.1) is 11.7 Å². The summed E-state index contributed by atoms with van der Waals surface area (Å²) < 4.78 is 21.2. The van der Waals surface area contributed by atoms with E-state index in [1.807, 2.05) is 19.9 Å². The highest BCUT2D eigenvalue weighted by Crippen LogP contribution is 2.28. The van der Waals surface area contributed by atoms with Crippen molar-refractivity contribution < 1.29 is 18.8 Å². The molecule has 142 valence electrons. The third-order valence-corrected chi connectivity index (χ3v) is 4.90. The topological polar surface area (TPSA) is 97.3 Å². The van der Waals surface area contributed by atoms with Crippen LogP contribution in [0.2, 0.25) is 0 Å². The summed E-state index contributed by atoms with van der Waals surface area (Å²) >= 11 is 0. The Morgan fingerprint density at radius 3 is 2.96 bits per heavy atom. The molecule has 1 aliphatic rings. The van der Waals surface area contributed by atoms with Crippen LogP contribution in [0.15, 0.2) is 22.7 Å². The molecule has 2 aromatic heterocycles. The lowest BCUT2D eigenvalue weighted by Gasteiger charge is -2.10. The van der Waals surface area contributed by atoms with Gasteiger partial charge in [-0.25, -0.2) is 9.18 Å². The maximum absolute atomic E-state index is 14.5. The third-order valence-electron chi connectivity index (χ3n) is 4.90. The van der Waals surface area contributed by atoms with Gasteiger partial charge >= 0.3 is 6.09 Å². The lowest BCUT2D eigenvalue weighted by atomic mass is 10.1. The molecule has 0 bridgehead atoms. The van der Waals surface area contributed by atoms with Crippen LogP contribution in [0.5, 0.6) is 0 Å². The molecule has 3 heterocycles. The molecule has 1 N–H and O–H groups in total. The average Bonchev–Trinajstić information content (AvgIpc) is 3.33. The second kappa shape index (κ2) is 6.64. The number of nitrogens with zero attached hydrogens (tertiary/aromatic N) is 5. The SMILES string of the molecule is CC(C)c1nn(-c2noc(C[C@@H]3CCN(C(=O)O)C3)n2)c2c(F)cccc12. The van der Waals surface area contributed by atoms with Crippen LogP contribution in [-0.4, -0.2) is 49.1 Å². The van der Waals surface area contributed by atoms with Gasteiger partial charge < -0.3 is 14.5 Å². The summed E-state index contributed by atoms with van der Waals surface area (Å²) in [6, 6.07) is 4.87. The summed E-state index contributed by atoms with van der Waals surface area (Å²) in [6.07, 6.45) is 0.319. The number of hydrogen-bond donors (Lipinski definition) is 1. The van der Waals surface area contributed by atoms with Gasteiger partial charge in [0.25, 0.3) is 5.95 Å². The van der Waals surface area contributed by atoms with Gasteiger partial charge in [0.05, 0.1) is 5.69 Å². The number of para-hydroxylation sites is 1. The number of carboxylic acid groups (broad SMARTS) is 1. The van der Waals surface area contributed by atoms with Crippen molar-refractivity contribution in [1.82, 2.24) is 24.8 Å². The lowest BCUT2D eigenvalue weighted by molar-refractivity contribution is 0.154. The number of likely N-dealkylation sites (tertiary alicyclic amines) is 1. The number of benzene rings is 1. The predicted molar refractivity (Wildman–Crippen MR) is 94.4 cm³/mol. The first-order valence-electron chi connectivity index (χ1n) is 8.92. The van der Waals surface area contributed by atoms with E-state index in [0.717, 1.165) is 17.5 Å². The van der Waals surface area contributed by atoms with E-state index in [-0.39, 0.29) is 17.8 Å². The molecule has 1 atom stereocenters. The van der Waals surface area contributed by atoms with Crippen LogP contribution in [0.4, 0.5) is 9.18 Å². The van der Waals surface area contributed by atoms with Gasteiger partial charge in [0, 0.05) is 24.9 Å². The van der Waals surface area contributed by atoms with E-state index in [1.165, 1.54) is 15.6 Å². The molecule has 1 aliphatic heterocycles. The summed E-state index contributed by atoms with van der Waals surface area (Å²) in [4.78, 5) is 16.8. The standard InChI is InChI=1S/C18H20FN5O3/c1-10(2)15-12-4-3-5-13(19)16(12)24(21-15)17-20-14(27-22-17)8-11-6-7-23(9-11)18(25)26/h3-5,10-11H,6-9H2,1-2H3,(H,25,26)/t11-/m0/s1. The molecule has 1 saturated heterocycles. The van der Waals surface area contributed by atoms with Crippen molar-refractivity contribution in [2.24, 2.45) is 5.92 Å². The normalized spacial score (nSPS) is 17.3. The van der Waals surface area contributed by atoms with Gasteiger partial charge in [-0.05, 0) is 29.5 Å². The molecule has 1 amide bonds. The highest BCUT2D eigenvalue weighted by atomic mass is 19.1. The van der Waals surface area contributed by atoms with Gasteiger partial charge in [-0.15, -0.1) is 0 Å². The van der Waals surface area contributed by atoms with Crippen LogP contribution in [-0.2, 0) is 6.42 Å². The summed E-state index contributed by atoms with van der Waals surface area (Å²) in [7, 11) is 0. The molecule has 9 heteroatoms. The molecule has 4 rings (SSSR count). The van der Waals surface area contributed by atoms with Crippen LogP contribution >= 0.6 is 0 Å². The van der Waals surface area contributed by atoms with Gasteiger partial charge in [0.1, 0.15) is 11.3 Å². The number of rotatable bonds is 4. The van der Waals surface area contributed by atoms with E-state index in [4.69, 9.17) is 9.63 Å². The number of carbonyl (C=O) groups is 1. The van der Waals surface area contributed by atoms with E-state index >= 15 is 0 Å². The minimum Gasteiger partial charge on any atom is -0.465 e. The van der Waals surface area contributed by atoms with Crippen molar-refractivity contribution in [2.45, 2.75) is 32.6 Å². The Kier molecular flexibility index (Phi) is 4.29. The molecule has 27 heavy (non-hydrogen) atoms. The molecular formula is C18H20FN5O3. The second-order valence-electron chi connectivity index (χ2n) is 7.16. The monoisotopic (exact) mass is 373 g/mol. The fourth-order valence-electron chi connectivity index (χ4n) is 3.55. The van der Waals surface area contributed by atoms with Crippen molar-refractivity contribution in [3.05, 3.63) is 35.6 Å². The maximum atomic E-state index is 14.5. The minimum atomic E-state index is -0.914. The van der Waals surface area contributed by atoms with Crippen LogP contribution in [0.1, 0.15) is 37.8 Å². The van der Waals surface area contributed by atoms with Gasteiger partial charge in [-0.2, -0.15) is 14.8 Å². The van der Waals surface area contributed by atoms with Gasteiger partial charge in [-0.3, -0.25) is 0 Å². The Hall–Kier alpha value is -2.97. The largest absolute Gasteiger partial charge is 0.465 e. The van der Waals surface area contributed by atoms with E-state index < -0.39 is 11.9 Å². The van der Waals surface area contributed by atoms with Crippen molar-refractivity contribution in [3.8, 4) is 5.95 Å². The minimum absolute atomic E-state index is 0.113. The Labute approximate surface area is 154 Å². The van der Waals surface area contributed by atoms with Crippen molar-refractivity contribution in [3.63, 3.8) is 0 Å². The molecule has 3 aromatic rings. The second-order valence-corrected chi connectivity index (χ2v) is 7.16. The number of amides is 1. The summed E-state index contributed by atoms with van der Waals surface area (Å²) in [6.45, 7) is 4.94. The Morgan fingerprint density at radius 1 is 1.44 bits per heavy atom. The first-order chi connectivity index (χ1) is 12.9. The van der Waals surface area contributed by atoms with E-state index in [0.29, 0.717) is 30.9 Å².